The van der Waals surface area contributed by atoms with Gasteiger partial charge in [-0.2, -0.15) is 0 Å². The van der Waals surface area contributed by atoms with Crippen molar-refractivity contribution in [3.63, 3.8) is 0 Å². The summed E-state index contributed by atoms with van der Waals surface area (Å²) in [4.78, 5) is 19.3. The van der Waals surface area contributed by atoms with E-state index >= 15 is 0 Å². The monoisotopic (exact) mass is 360 g/mol. The lowest BCUT2D eigenvalue weighted by atomic mass is 10.1. The van der Waals surface area contributed by atoms with Gasteiger partial charge in [0.05, 0.1) is 0 Å². The van der Waals surface area contributed by atoms with Crippen LogP contribution in [0.2, 0.25) is 0 Å². The van der Waals surface area contributed by atoms with Crippen molar-refractivity contribution in [2.24, 2.45) is 5.92 Å². The lowest BCUT2D eigenvalue weighted by Gasteiger charge is -2.35. The lowest BCUT2D eigenvalue weighted by molar-refractivity contribution is 0.134. The average molecular weight is 360 g/mol. The van der Waals surface area contributed by atoms with Crippen LogP contribution in [0.5, 0.6) is 0 Å². The van der Waals surface area contributed by atoms with Crippen LogP contribution in [0.3, 0.4) is 0 Å². The van der Waals surface area contributed by atoms with Gasteiger partial charge in [-0.1, -0.05) is 12.1 Å². The van der Waals surface area contributed by atoms with Crippen LogP contribution >= 0.6 is 0 Å². The maximum atomic E-state index is 13.0. The van der Waals surface area contributed by atoms with Gasteiger partial charge in [0.1, 0.15) is 5.82 Å². The highest BCUT2D eigenvalue weighted by molar-refractivity contribution is 5.74. The number of piperazine rings is 1. The van der Waals surface area contributed by atoms with Crippen LogP contribution in [0.1, 0.15) is 24.8 Å². The number of urea groups is 1. The molecule has 2 amide bonds. The second-order valence-electron chi connectivity index (χ2n) is 7.96. The number of carbonyl (C=O) groups is 1. The quantitative estimate of drug-likeness (QED) is 0.874. The zero-order chi connectivity index (χ0) is 17.9. The molecule has 1 saturated carbocycles. The summed E-state index contributed by atoms with van der Waals surface area (Å²) >= 11 is 0. The smallest absolute Gasteiger partial charge is 0.317 e. The Labute approximate surface area is 155 Å². The summed E-state index contributed by atoms with van der Waals surface area (Å²) in [6, 6.07) is 7.60. The fourth-order valence-electron chi connectivity index (χ4n) is 4.10. The summed E-state index contributed by atoms with van der Waals surface area (Å²) in [5.74, 6) is 0.414. The van der Waals surface area contributed by atoms with E-state index in [2.05, 4.69) is 15.1 Å². The average Bonchev–Trinajstić information content (AvgIpc) is 3.40. The third-order valence-electron chi connectivity index (χ3n) is 5.90. The first-order valence-electron chi connectivity index (χ1n) is 9.91. The van der Waals surface area contributed by atoms with Gasteiger partial charge < -0.3 is 15.1 Å². The van der Waals surface area contributed by atoms with Gasteiger partial charge in [0, 0.05) is 51.9 Å². The molecule has 0 spiro atoms. The minimum Gasteiger partial charge on any atom is -0.338 e. The van der Waals surface area contributed by atoms with Gasteiger partial charge in [-0.25, -0.2) is 9.18 Å². The Kier molecular flexibility index (Phi) is 5.41. The van der Waals surface area contributed by atoms with E-state index in [0.29, 0.717) is 5.92 Å². The summed E-state index contributed by atoms with van der Waals surface area (Å²) in [6.45, 7) is 7.21. The van der Waals surface area contributed by atoms with E-state index in [1.807, 2.05) is 17.0 Å². The summed E-state index contributed by atoms with van der Waals surface area (Å²) < 4.78 is 13.0. The normalized spacial score (nSPS) is 24.8. The standard InChI is InChI=1S/C20H29FN4O/c21-18-3-1-16(2-4-18)14-23-9-11-24(12-10-23)20(26)22-13-17-7-8-25(15-17)19-5-6-19/h1-4,17,19H,5-15H2,(H,22,26)/t17-/m0/s1. The van der Waals surface area contributed by atoms with Gasteiger partial charge in [0.25, 0.3) is 0 Å². The summed E-state index contributed by atoms with van der Waals surface area (Å²) in [6.07, 6.45) is 3.94. The first kappa shape index (κ1) is 17.7. The molecule has 0 aromatic heterocycles. The lowest BCUT2D eigenvalue weighted by Crippen LogP contribution is -2.52. The number of nitrogens with zero attached hydrogens (tertiary/aromatic N) is 3. The van der Waals surface area contributed by atoms with Crippen LogP contribution in [-0.2, 0) is 6.54 Å². The molecule has 1 aliphatic carbocycles. The molecule has 3 fully saturated rings. The van der Waals surface area contributed by atoms with Crippen LogP contribution in [0.4, 0.5) is 9.18 Å². The molecule has 2 aliphatic heterocycles. The molecule has 1 N–H and O–H groups in total. The molecule has 2 heterocycles. The van der Waals surface area contributed by atoms with Gasteiger partial charge in [0.2, 0.25) is 0 Å². The van der Waals surface area contributed by atoms with Crippen molar-refractivity contribution in [3.8, 4) is 0 Å². The molecule has 4 rings (SSSR count). The summed E-state index contributed by atoms with van der Waals surface area (Å²) in [7, 11) is 0. The number of rotatable bonds is 5. The topological polar surface area (TPSA) is 38.8 Å². The number of benzene rings is 1. The Morgan fingerprint density at radius 1 is 1.04 bits per heavy atom. The Balaban J connectivity index is 1.16. The Morgan fingerprint density at radius 3 is 2.46 bits per heavy atom. The van der Waals surface area contributed by atoms with E-state index in [0.717, 1.165) is 57.4 Å². The van der Waals surface area contributed by atoms with Crippen LogP contribution in [0.25, 0.3) is 0 Å². The number of hydrogen-bond acceptors (Lipinski definition) is 3. The third-order valence-corrected chi connectivity index (χ3v) is 5.90. The maximum absolute atomic E-state index is 13.0. The first-order chi connectivity index (χ1) is 12.7. The highest BCUT2D eigenvalue weighted by Gasteiger charge is 2.34. The highest BCUT2D eigenvalue weighted by Crippen LogP contribution is 2.31. The van der Waals surface area contributed by atoms with E-state index in [1.165, 1.54) is 37.9 Å². The Morgan fingerprint density at radius 2 is 1.77 bits per heavy atom. The molecule has 2 saturated heterocycles. The number of halogens is 1. The molecule has 5 nitrogen and oxygen atoms in total. The van der Waals surface area contributed by atoms with Gasteiger partial charge in [0.15, 0.2) is 0 Å². The van der Waals surface area contributed by atoms with Gasteiger partial charge in [-0.15, -0.1) is 0 Å². The molecule has 26 heavy (non-hydrogen) atoms. The molecule has 0 radical (unpaired) electrons. The fraction of sp³-hybridized carbons (Fsp3) is 0.650. The van der Waals surface area contributed by atoms with E-state index in [9.17, 15) is 9.18 Å². The molecule has 1 atom stereocenters. The minimum atomic E-state index is -0.197. The zero-order valence-corrected chi connectivity index (χ0v) is 15.4. The van der Waals surface area contributed by atoms with Crippen molar-refractivity contribution in [3.05, 3.63) is 35.6 Å². The first-order valence-corrected chi connectivity index (χ1v) is 9.91. The summed E-state index contributed by atoms with van der Waals surface area (Å²) in [5.41, 5.74) is 1.12. The second-order valence-corrected chi connectivity index (χ2v) is 7.96. The Hall–Kier alpha value is -1.66. The molecule has 6 heteroatoms. The largest absolute Gasteiger partial charge is 0.338 e. The predicted octanol–water partition coefficient (Wildman–Crippen LogP) is 2.14. The number of nitrogens with one attached hydrogen (secondary N) is 1. The van der Waals surface area contributed by atoms with Crippen molar-refractivity contribution in [2.45, 2.75) is 31.8 Å². The van der Waals surface area contributed by atoms with Crippen LogP contribution in [-0.4, -0.2) is 72.6 Å². The number of carbonyl (C=O) groups excluding carboxylic acids is 1. The zero-order valence-electron chi connectivity index (χ0n) is 15.4. The highest BCUT2D eigenvalue weighted by atomic mass is 19.1. The van der Waals surface area contributed by atoms with Crippen LogP contribution in [0.15, 0.2) is 24.3 Å². The molecule has 142 valence electrons. The van der Waals surface area contributed by atoms with Gasteiger partial charge >= 0.3 is 6.03 Å². The van der Waals surface area contributed by atoms with Crippen molar-refractivity contribution in [2.75, 3.05) is 45.8 Å². The van der Waals surface area contributed by atoms with Gasteiger partial charge in [-0.05, 0) is 49.4 Å². The van der Waals surface area contributed by atoms with Crippen molar-refractivity contribution in [1.82, 2.24) is 20.0 Å². The fourth-order valence-corrected chi connectivity index (χ4v) is 4.10. The van der Waals surface area contributed by atoms with Crippen LogP contribution in [0, 0.1) is 11.7 Å². The minimum absolute atomic E-state index is 0.0799. The number of likely N-dealkylation sites (tertiary alicyclic amines) is 1. The molecular formula is C20H29FN4O. The number of amides is 2. The Bertz CT molecular complexity index is 611. The van der Waals surface area contributed by atoms with E-state index in [4.69, 9.17) is 0 Å². The molecule has 0 bridgehead atoms. The molecular weight excluding hydrogens is 331 g/mol. The van der Waals surface area contributed by atoms with Crippen molar-refractivity contribution >= 4 is 6.03 Å². The number of hydrogen-bond donors (Lipinski definition) is 1. The second kappa shape index (κ2) is 7.92. The maximum Gasteiger partial charge on any atom is 0.317 e. The third kappa shape index (κ3) is 4.54. The molecule has 3 aliphatic rings. The predicted molar refractivity (Wildman–Crippen MR) is 99.4 cm³/mol. The molecule has 0 unspecified atom stereocenters. The van der Waals surface area contributed by atoms with Crippen molar-refractivity contribution < 1.29 is 9.18 Å². The molecule has 1 aromatic carbocycles. The van der Waals surface area contributed by atoms with E-state index in [-0.39, 0.29) is 11.8 Å². The van der Waals surface area contributed by atoms with E-state index < -0.39 is 0 Å². The molecule has 1 aromatic rings. The SMILES string of the molecule is O=C(NC[C@@H]1CCN(C2CC2)C1)N1CCN(Cc2ccc(F)cc2)CC1. The van der Waals surface area contributed by atoms with E-state index in [1.54, 1.807) is 0 Å². The van der Waals surface area contributed by atoms with Gasteiger partial charge in [-0.3, -0.25) is 4.90 Å². The van der Waals surface area contributed by atoms with Crippen molar-refractivity contribution in [1.29, 1.82) is 0 Å². The van der Waals surface area contributed by atoms with Crippen LogP contribution < -0.4 is 5.32 Å². The summed E-state index contributed by atoms with van der Waals surface area (Å²) in [5, 5.41) is 3.15.